The maximum absolute atomic E-state index is 11.7. The van der Waals surface area contributed by atoms with Crippen molar-refractivity contribution in [3.05, 3.63) is 0 Å². The fourth-order valence-electron chi connectivity index (χ4n) is 2.51. The van der Waals surface area contributed by atoms with Crippen LogP contribution in [0.5, 0.6) is 0 Å². The third-order valence-corrected chi connectivity index (χ3v) is 5.02. The van der Waals surface area contributed by atoms with E-state index in [0.29, 0.717) is 11.9 Å². The number of quaternary nitrogens is 1. The Hall–Kier alpha value is -0.810. The van der Waals surface area contributed by atoms with Crippen LogP contribution >= 0.6 is 0 Å². The smallest absolute Gasteiger partial charge is 0.225 e. The van der Waals surface area contributed by atoms with Crippen LogP contribution in [0.1, 0.15) is 66.7 Å². The zero-order chi connectivity index (χ0) is 19.7. The SMILES string of the molecule is CCC(C)(C)C(=O)NCCC[N+](C)(C)C.CCC(C)N1CCCC1=O.[Cl-]. The lowest BCUT2D eigenvalue weighted by molar-refractivity contribution is -0.870. The minimum absolute atomic E-state index is 0. The quantitative estimate of drug-likeness (QED) is 0.469. The molecule has 0 saturated carbocycles. The first-order valence-electron chi connectivity index (χ1n) is 9.82. The average Bonchev–Trinajstić information content (AvgIpc) is 2.96. The molecule has 1 fully saturated rings. The summed E-state index contributed by atoms with van der Waals surface area (Å²) in [7, 11) is 6.49. The highest BCUT2D eigenvalue weighted by Gasteiger charge is 2.24. The predicted molar refractivity (Wildman–Crippen MR) is 105 cm³/mol. The summed E-state index contributed by atoms with van der Waals surface area (Å²) in [5, 5.41) is 3.00. The van der Waals surface area contributed by atoms with Crippen LogP contribution in [0.4, 0.5) is 0 Å². The van der Waals surface area contributed by atoms with Gasteiger partial charge in [-0.05, 0) is 26.2 Å². The summed E-state index contributed by atoms with van der Waals surface area (Å²) >= 11 is 0. The maximum Gasteiger partial charge on any atom is 0.225 e. The van der Waals surface area contributed by atoms with Gasteiger partial charge in [0.2, 0.25) is 11.8 Å². The van der Waals surface area contributed by atoms with E-state index in [2.05, 4.69) is 40.3 Å². The van der Waals surface area contributed by atoms with Gasteiger partial charge in [0.05, 0.1) is 27.7 Å². The Morgan fingerprint density at radius 3 is 2.23 bits per heavy atom. The molecule has 5 nitrogen and oxygen atoms in total. The van der Waals surface area contributed by atoms with Gasteiger partial charge in [-0.1, -0.05) is 27.7 Å². The third-order valence-electron chi connectivity index (χ3n) is 5.02. The van der Waals surface area contributed by atoms with Crippen LogP contribution < -0.4 is 17.7 Å². The van der Waals surface area contributed by atoms with Crippen LogP contribution in [0.15, 0.2) is 0 Å². The van der Waals surface area contributed by atoms with E-state index in [0.717, 1.165) is 56.2 Å². The Morgan fingerprint density at radius 1 is 1.27 bits per heavy atom. The molecule has 0 bridgehead atoms. The number of amides is 2. The van der Waals surface area contributed by atoms with Gasteiger partial charge in [0.15, 0.2) is 0 Å². The first kappa shape index (κ1) is 27.4. The Balaban J connectivity index is 0. The number of nitrogens with zero attached hydrogens (tertiary/aromatic N) is 2. The van der Waals surface area contributed by atoms with Gasteiger partial charge in [-0.15, -0.1) is 0 Å². The Morgan fingerprint density at radius 2 is 1.85 bits per heavy atom. The van der Waals surface area contributed by atoms with Gasteiger partial charge in [-0.2, -0.15) is 0 Å². The molecule has 2 amide bonds. The highest BCUT2D eigenvalue weighted by molar-refractivity contribution is 5.81. The summed E-state index contributed by atoms with van der Waals surface area (Å²) in [6, 6.07) is 0.454. The molecule has 1 unspecified atom stereocenters. The molecule has 0 spiro atoms. The van der Waals surface area contributed by atoms with Gasteiger partial charge in [-0.3, -0.25) is 9.59 Å². The number of carbonyl (C=O) groups is 2. The van der Waals surface area contributed by atoms with Crippen molar-refractivity contribution in [3.8, 4) is 0 Å². The summed E-state index contributed by atoms with van der Waals surface area (Å²) in [5.41, 5.74) is -0.226. The molecule has 0 aliphatic carbocycles. The number of halogens is 1. The van der Waals surface area contributed by atoms with Crippen molar-refractivity contribution in [3.63, 3.8) is 0 Å². The summed E-state index contributed by atoms with van der Waals surface area (Å²) in [6.45, 7) is 13.1. The van der Waals surface area contributed by atoms with Crippen LogP contribution in [0.2, 0.25) is 0 Å². The highest BCUT2D eigenvalue weighted by Crippen LogP contribution is 2.19. The molecule has 1 heterocycles. The van der Waals surface area contributed by atoms with E-state index in [9.17, 15) is 9.59 Å². The molecule has 0 radical (unpaired) electrons. The van der Waals surface area contributed by atoms with Crippen LogP contribution in [0.3, 0.4) is 0 Å². The minimum atomic E-state index is -0.226. The lowest BCUT2D eigenvalue weighted by atomic mass is 9.89. The van der Waals surface area contributed by atoms with Crippen LogP contribution in [0.25, 0.3) is 0 Å². The van der Waals surface area contributed by atoms with E-state index in [1.165, 1.54) is 0 Å². The molecular weight excluding hydrogens is 350 g/mol. The molecule has 0 aromatic rings. The monoisotopic (exact) mass is 391 g/mol. The molecule has 1 saturated heterocycles. The summed E-state index contributed by atoms with van der Waals surface area (Å²) < 4.78 is 0.951. The van der Waals surface area contributed by atoms with E-state index in [1.54, 1.807) is 0 Å². The largest absolute Gasteiger partial charge is 1.00 e. The van der Waals surface area contributed by atoms with Crippen molar-refractivity contribution in [2.24, 2.45) is 5.41 Å². The van der Waals surface area contributed by atoms with E-state index in [1.807, 2.05) is 25.7 Å². The summed E-state index contributed by atoms with van der Waals surface area (Å²) in [6.07, 6.45) is 4.82. The highest BCUT2D eigenvalue weighted by atomic mass is 35.5. The average molecular weight is 392 g/mol. The topological polar surface area (TPSA) is 49.4 Å². The third kappa shape index (κ3) is 11.0. The molecule has 1 atom stereocenters. The number of hydrogen-bond donors (Lipinski definition) is 1. The van der Waals surface area contributed by atoms with Gasteiger partial charge in [0.25, 0.3) is 0 Å². The second-order valence-corrected chi connectivity index (χ2v) is 8.81. The Kier molecular flexibility index (Phi) is 13.2. The van der Waals surface area contributed by atoms with Crippen molar-refractivity contribution in [2.75, 3.05) is 40.8 Å². The van der Waals surface area contributed by atoms with Gasteiger partial charge in [-0.25, -0.2) is 0 Å². The van der Waals surface area contributed by atoms with Crippen molar-refractivity contribution in [2.45, 2.75) is 72.8 Å². The van der Waals surface area contributed by atoms with E-state index >= 15 is 0 Å². The lowest BCUT2D eigenvalue weighted by Gasteiger charge is -2.25. The first-order valence-corrected chi connectivity index (χ1v) is 9.82. The van der Waals surface area contributed by atoms with Crippen molar-refractivity contribution >= 4 is 11.8 Å². The zero-order valence-corrected chi connectivity index (χ0v) is 19.1. The molecule has 0 aromatic carbocycles. The van der Waals surface area contributed by atoms with Gasteiger partial charge < -0.3 is 27.1 Å². The molecule has 26 heavy (non-hydrogen) atoms. The molecule has 1 N–H and O–H groups in total. The van der Waals surface area contributed by atoms with Crippen LogP contribution in [0, 0.1) is 5.41 Å². The summed E-state index contributed by atoms with van der Waals surface area (Å²) in [5.74, 6) is 0.515. The van der Waals surface area contributed by atoms with Crippen molar-refractivity contribution < 1.29 is 26.5 Å². The second kappa shape index (κ2) is 12.6. The normalized spacial score (nSPS) is 15.7. The number of hydrogen-bond acceptors (Lipinski definition) is 2. The summed E-state index contributed by atoms with van der Waals surface area (Å²) in [4.78, 5) is 24.8. The molecule has 1 aliphatic heterocycles. The molecule has 6 heteroatoms. The first-order chi connectivity index (χ1) is 11.4. The zero-order valence-electron chi connectivity index (χ0n) is 18.3. The van der Waals surface area contributed by atoms with Crippen LogP contribution in [-0.4, -0.2) is 68.0 Å². The molecule has 0 aromatic heterocycles. The number of nitrogens with one attached hydrogen (secondary N) is 1. The lowest BCUT2D eigenvalue weighted by Crippen LogP contribution is -3.00. The Bertz CT molecular complexity index is 420. The standard InChI is InChI=1S/C12H26N2O.C8H15NO.ClH/c1-7-12(2,3)11(15)13-9-8-10-14(4,5)6;1-3-7(2)9-6-4-5-8(9)10;/h7-10H2,1-6H3;7H,3-6H2,1-2H3;1H. The number of carbonyl (C=O) groups excluding carboxylic acids is 2. The van der Waals surface area contributed by atoms with E-state index in [-0.39, 0.29) is 23.7 Å². The molecule has 1 aliphatic rings. The number of rotatable bonds is 8. The van der Waals surface area contributed by atoms with Crippen LogP contribution in [-0.2, 0) is 9.59 Å². The van der Waals surface area contributed by atoms with E-state index < -0.39 is 0 Å². The van der Waals surface area contributed by atoms with Gasteiger partial charge >= 0.3 is 0 Å². The predicted octanol–water partition coefficient (Wildman–Crippen LogP) is 0.0464. The maximum atomic E-state index is 11.7. The van der Waals surface area contributed by atoms with E-state index in [4.69, 9.17) is 0 Å². The molecular formula is C20H42ClN3O2. The van der Waals surface area contributed by atoms with Gasteiger partial charge in [0, 0.05) is 37.4 Å². The Labute approximate surface area is 167 Å². The van der Waals surface area contributed by atoms with Gasteiger partial charge in [0.1, 0.15) is 0 Å². The van der Waals surface area contributed by atoms with Crippen molar-refractivity contribution in [1.29, 1.82) is 0 Å². The van der Waals surface area contributed by atoms with Crippen molar-refractivity contribution in [1.82, 2.24) is 10.2 Å². The second-order valence-electron chi connectivity index (χ2n) is 8.81. The number of likely N-dealkylation sites (tertiary alicyclic amines) is 1. The minimum Gasteiger partial charge on any atom is -1.00 e. The fraction of sp³-hybridized carbons (Fsp3) is 0.900. The molecule has 156 valence electrons. The fourth-order valence-corrected chi connectivity index (χ4v) is 2.51. The molecule has 1 rings (SSSR count).